The Bertz CT molecular complexity index is 1230. The van der Waals surface area contributed by atoms with Gasteiger partial charge in [0.15, 0.2) is 16.8 Å². The molecular weight excluding hydrogens is 446 g/mol. The van der Waals surface area contributed by atoms with Gasteiger partial charge in [-0.15, -0.1) is 10.2 Å². The molecule has 6 nitrogen and oxygen atoms in total. The largest absolute Gasteiger partial charge is 0.494 e. The first-order valence-electron chi connectivity index (χ1n) is 11.1. The van der Waals surface area contributed by atoms with Crippen LogP contribution in [0.15, 0.2) is 78.0 Å². The van der Waals surface area contributed by atoms with Crippen molar-refractivity contribution in [3.05, 3.63) is 95.3 Å². The number of aryl methyl sites for hydroxylation is 2. The number of ketones is 1. The molecule has 0 radical (unpaired) electrons. The van der Waals surface area contributed by atoms with Gasteiger partial charge < -0.3 is 9.47 Å². The van der Waals surface area contributed by atoms with Crippen molar-refractivity contribution < 1.29 is 14.3 Å². The number of hydrogen-bond acceptors (Lipinski definition) is 6. The average Bonchev–Trinajstić information content (AvgIpc) is 3.26. The predicted molar refractivity (Wildman–Crippen MR) is 134 cm³/mol. The highest BCUT2D eigenvalue weighted by molar-refractivity contribution is 7.99. The lowest BCUT2D eigenvalue weighted by molar-refractivity contribution is 0.102. The molecule has 0 aliphatic rings. The van der Waals surface area contributed by atoms with Gasteiger partial charge in [-0.3, -0.25) is 9.36 Å². The van der Waals surface area contributed by atoms with Crippen LogP contribution in [0.4, 0.5) is 0 Å². The van der Waals surface area contributed by atoms with Crippen molar-refractivity contribution in [1.29, 1.82) is 0 Å². The van der Waals surface area contributed by atoms with Crippen LogP contribution in [0.2, 0.25) is 0 Å². The van der Waals surface area contributed by atoms with Gasteiger partial charge in [-0.2, -0.15) is 0 Å². The van der Waals surface area contributed by atoms with E-state index >= 15 is 0 Å². The number of thioether (sulfide) groups is 1. The lowest BCUT2D eigenvalue weighted by Gasteiger charge is -2.12. The van der Waals surface area contributed by atoms with Gasteiger partial charge in [0.1, 0.15) is 18.1 Å². The highest BCUT2D eigenvalue weighted by atomic mass is 32.2. The SMILES string of the molecule is CCOc1ccc(-n2c(COc3ccc(C)cc3)nnc2SCC(=O)c2ccc(C)cc2)cc1. The summed E-state index contributed by atoms with van der Waals surface area (Å²) in [4.78, 5) is 12.7. The Labute approximate surface area is 203 Å². The van der Waals surface area contributed by atoms with Crippen molar-refractivity contribution in [3.8, 4) is 17.2 Å². The van der Waals surface area contributed by atoms with E-state index in [1.54, 1.807) is 0 Å². The number of hydrogen-bond donors (Lipinski definition) is 0. The second kappa shape index (κ2) is 11.0. The normalized spacial score (nSPS) is 10.8. The lowest BCUT2D eigenvalue weighted by atomic mass is 10.1. The van der Waals surface area contributed by atoms with Gasteiger partial charge in [0.05, 0.1) is 12.4 Å². The number of ether oxygens (including phenoxy) is 2. The van der Waals surface area contributed by atoms with Crippen LogP contribution in [-0.4, -0.2) is 32.9 Å². The molecule has 0 saturated heterocycles. The van der Waals surface area contributed by atoms with Crippen molar-refractivity contribution in [1.82, 2.24) is 14.8 Å². The fraction of sp³-hybridized carbons (Fsp3) is 0.222. The molecule has 0 aliphatic carbocycles. The summed E-state index contributed by atoms with van der Waals surface area (Å²) >= 11 is 1.36. The maximum atomic E-state index is 12.7. The first kappa shape index (κ1) is 23.6. The molecule has 0 spiro atoms. The summed E-state index contributed by atoms with van der Waals surface area (Å²) in [5.74, 6) is 2.51. The zero-order chi connectivity index (χ0) is 23.9. The molecule has 0 aliphatic heterocycles. The van der Waals surface area contributed by atoms with Crippen molar-refractivity contribution in [2.75, 3.05) is 12.4 Å². The molecule has 3 aromatic carbocycles. The molecule has 34 heavy (non-hydrogen) atoms. The Kier molecular flexibility index (Phi) is 7.65. The number of aromatic nitrogens is 3. The first-order valence-corrected chi connectivity index (χ1v) is 12.1. The predicted octanol–water partition coefficient (Wildman–Crippen LogP) is 5.84. The van der Waals surface area contributed by atoms with Crippen LogP contribution in [0.5, 0.6) is 11.5 Å². The van der Waals surface area contributed by atoms with Crippen LogP contribution in [0.25, 0.3) is 5.69 Å². The second-order valence-corrected chi connectivity index (χ2v) is 8.78. The maximum Gasteiger partial charge on any atom is 0.196 e. The minimum absolute atomic E-state index is 0.0451. The third-order valence-electron chi connectivity index (χ3n) is 5.20. The van der Waals surface area contributed by atoms with Crippen LogP contribution in [-0.2, 0) is 6.61 Å². The van der Waals surface area contributed by atoms with Crippen LogP contribution in [0, 0.1) is 13.8 Å². The summed E-state index contributed by atoms with van der Waals surface area (Å²) in [6.45, 7) is 6.84. The number of nitrogens with zero attached hydrogens (tertiary/aromatic N) is 3. The van der Waals surface area contributed by atoms with Gasteiger partial charge in [-0.1, -0.05) is 59.3 Å². The highest BCUT2D eigenvalue weighted by Gasteiger charge is 2.17. The van der Waals surface area contributed by atoms with Crippen molar-refractivity contribution >= 4 is 17.5 Å². The Morgan fingerprint density at radius 3 is 2.06 bits per heavy atom. The summed E-state index contributed by atoms with van der Waals surface area (Å²) in [6.07, 6.45) is 0. The van der Waals surface area contributed by atoms with E-state index in [1.807, 2.05) is 98.1 Å². The average molecular weight is 474 g/mol. The van der Waals surface area contributed by atoms with Crippen molar-refractivity contribution in [2.24, 2.45) is 0 Å². The number of carbonyl (C=O) groups excluding carboxylic acids is 1. The molecule has 4 rings (SSSR count). The van der Waals surface area contributed by atoms with Gasteiger partial charge in [0.2, 0.25) is 0 Å². The Hall–Kier alpha value is -3.58. The maximum absolute atomic E-state index is 12.7. The van der Waals surface area contributed by atoms with E-state index in [0.29, 0.717) is 23.2 Å². The molecule has 0 atom stereocenters. The summed E-state index contributed by atoms with van der Waals surface area (Å²) in [5, 5.41) is 9.37. The van der Waals surface area contributed by atoms with E-state index in [4.69, 9.17) is 9.47 Å². The number of benzene rings is 3. The zero-order valence-electron chi connectivity index (χ0n) is 19.5. The minimum Gasteiger partial charge on any atom is -0.494 e. The van der Waals surface area contributed by atoms with Crippen molar-refractivity contribution in [3.63, 3.8) is 0 Å². The third kappa shape index (κ3) is 5.85. The summed E-state index contributed by atoms with van der Waals surface area (Å²) in [7, 11) is 0. The Morgan fingerprint density at radius 2 is 1.41 bits per heavy atom. The van der Waals surface area contributed by atoms with E-state index in [9.17, 15) is 4.79 Å². The highest BCUT2D eigenvalue weighted by Crippen LogP contribution is 2.25. The first-order chi connectivity index (χ1) is 16.5. The molecule has 0 saturated carbocycles. The summed E-state index contributed by atoms with van der Waals surface area (Å²) in [6, 6.07) is 23.2. The third-order valence-corrected chi connectivity index (χ3v) is 6.13. The fourth-order valence-electron chi connectivity index (χ4n) is 3.34. The molecule has 0 amide bonds. The molecule has 7 heteroatoms. The lowest BCUT2D eigenvalue weighted by Crippen LogP contribution is -2.08. The smallest absolute Gasteiger partial charge is 0.196 e. The Morgan fingerprint density at radius 1 is 0.824 bits per heavy atom. The number of carbonyl (C=O) groups is 1. The van der Waals surface area contributed by atoms with E-state index < -0.39 is 0 Å². The summed E-state index contributed by atoms with van der Waals surface area (Å²) < 4.78 is 13.5. The van der Waals surface area contributed by atoms with Gasteiger partial charge in [-0.25, -0.2) is 0 Å². The van der Waals surface area contributed by atoms with Crippen LogP contribution in [0.1, 0.15) is 34.2 Å². The molecule has 0 fully saturated rings. The van der Waals surface area contributed by atoms with Crippen LogP contribution >= 0.6 is 11.8 Å². The van der Waals surface area contributed by atoms with Gasteiger partial charge >= 0.3 is 0 Å². The summed E-state index contributed by atoms with van der Waals surface area (Å²) in [5.41, 5.74) is 3.86. The van der Waals surface area contributed by atoms with Gasteiger partial charge in [0.25, 0.3) is 0 Å². The van der Waals surface area contributed by atoms with Gasteiger partial charge in [-0.05, 0) is 57.2 Å². The second-order valence-electron chi connectivity index (χ2n) is 7.84. The zero-order valence-corrected chi connectivity index (χ0v) is 20.3. The van der Waals surface area contributed by atoms with Crippen LogP contribution in [0.3, 0.4) is 0 Å². The van der Waals surface area contributed by atoms with E-state index in [2.05, 4.69) is 10.2 Å². The number of Topliss-reactive ketones (excluding diaryl/α,β-unsaturated/α-hetero) is 1. The van der Waals surface area contributed by atoms with E-state index in [-0.39, 0.29) is 18.1 Å². The van der Waals surface area contributed by atoms with Crippen LogP contribution < -0.4 is 9.47 Å². The topological polar surface area (TPSA) is 66.2 Å². The Balaban J connectivity index is 1.56. The van der Waals surface area contributed by atoms with Crippen molar-refractivity contribution in [2.45, 2.75) is 32.5 Å². The van der Waals surface area contributed by atoms with Gasteiger partial charge in [0, 0.05) is 11.3 Å². The standard InChI is InChI=1S/C27H27N3O3S/c1-4-32-23-15-11-22(12-16-23)30-26(17-33-24-13-7-20(3)8-14-24)28-29-27(30)34-18-25(31)21-9-5-19(2)6-10-21/h5-16H,4,17-18H2,1-3H3. The molecule has 0 bridgehead atoms. The molecule has 174 valence electrons. The molecule has 1 heterocycles. The molecule has 0 N–H and O–H groups in total. The number of rotatable bonds is 10. The molecular formula is C27H27N3O3S. The molecule has 0 unspecified atom stereocenters. The van der Waals surface area contributed by atoms with E-state index in [1.165, 1.54) is 17.3 Å². The molecule has 4 aromatic rings. The van der Waals surface area contributed by atoms with E-state index in [0.717, 1.165) is 22.7 Å². The fourth-order valence-corrected chi connectivity index (χ4v) is 4.21. The quantitative estimate of drug-likeness (QED) is 0.213. The molecule has 1 aromatic heterocycles. The monoisotopic (exact) mass is 473 g/mol. The minimum atomic E-state index is 0.0451.